The molecule has 7 nitrogen and oxygen atoms in total. The Bertz CT molecular complexity index is 626. The van der Waals surface area contributed by atoms with Crippen LogP contribution in [0.1, 0.15) is 25.0 Å². The number of piperidine rings is 1. The second-order valence-electron chi connectivity index (χ2n) is 7.00. The molecular weight excluding hydrogens is 294 g/mol. The number of hydrogen-bond donors (Lipinski definition) is 1. The summed E-state index contributed by atoms with van der Waals surface area (Å²) in [5.41, 5.74) is 6.67. The van der Waals surface area contributed by atoms with Crippen LogP contribution in [0.15, 0.2) is 6.07 Å². The number of nitrogens with two attached hydrogens (primary N) is 1. The van der Waals surface area contributed by atoms with Crippen molar-refractivity contribution in [3.05, 3.63) is 11.8 Å². The van der Waals surface area contributed by atoms with Gasteiger partial charge in [-0.2, -0.15) is 5.10 Å². The number of hydrogen-bond acceptors (Lipinski definition) is 4. The highest BCUT2D eigenvalue weighted by Crippen LogP contribution is 2.40. The lowest BCUT2D eigenvalue weighted by Gasteiger charge is -2.31. The summed E-state index contributed by atoms with van der Waals surface area (Å²) in [5, 5.41) is 4.24. The van der Waals surface area contributed by atoms with Crippen LogP contribution in [-0.2, 0) is 16.1 Å². The number of carbonyl (C=O) groups excluding carboxylic acids is 2. The lowest BCUT2D eigenvalue weighted by molar-refractivity contribution is -0.135. The van der Waals surface area contributed by atoms with E-state index < -0.39 is 0 Å². The van der Waals surface area contributed by atoms with E-state index in [0.29, 0.717) is 24.1 Å². The van der Waals surface area contributed by atoms with E-state index >= 15 is 0 Å². The lowest BCUT2D eigenvalue weighted by atomic mass is 9.88. The van der Waals surface area contributed by atoms with Crippen molar-refractivity contribution in [1.82, 2.24) is 19.6 Å². The number of carbonyl (C=O) groups is 2. The van der Waals surface area contributed by atoms with Crippen molar-refractivity contribution in [2.24, 2.45) is 11.8 Å². The molecule has 3 rings (SSSR count). The molecule has 1 aliphatic heterocycles. The summed E-state index contributed by atoms with van der Waals surface area (Å²) in [4.78, 5) is 28.0. The Hall–Kier alpha value is -2.05. The van der Waals surface area contributed by atoms with Gasteiger partial charge in [-0.05, 0) is 31.6 Å². The Morgan fingerprint density at radius 1 is 1.43 bits per heavy atom. The van der Waals surface area contributed by atoms with Crippen LogP contribution in [0.5, 0.6) is 0 Å². The number of rotatable bonds is 3. The Morgan fingerprint density at radius 3 is 2.78 bits per heavy atom. The molecule has 0 bridgehead atoms. The van der Waals surface area contributed by atoms with E-state index in [-0.39, 0.29) is 24.4 Å². The first-order valence-electron chi connectivity index (χ1n) is 8.14. The Morgan fingerprint density at radius 2 is 2.13 bits per heavy atom. The monoisotopic (exact) mass is 319 g/mol. The summed E-state index contributed by atoms with van der Waals surface area (Å²) >= 11 is 0. The third-order valence-electron chi connectivity index (χ3n) is 5.35. The molecule has 0 unspecified atom stereocenters. The average Bonchev–Trinajstić information content (AvgIpc) is 3.02. The normalized spacial score (nSPS) is 27.2. The average molecular weight is 319 g/mol. The first-order valence-corrected chi connectivity index (χ1v) is 8.14. The number of nitrogens with zero attached hydrogens (tertiary/aromatic N) is 4. The molecule has 2 aliphatic rings. The largest absolute Gasteiger partial charge is 0.384 e. The van der Waals surface area contributed by atoms with Gasteiger partial charge in [0.15, 0.2) is 0 Å². The smallest absolute Gasteiger partial charge is 0.244 e. The second-order valence-corrected chi connectivity index (χ2v) is 7.00. The summed E-state index contributed by atoms with van der Waals surface area (Å²) in [7, 11) is 3.71. The molecular formula is C16H25N5O2. The number of likely N-dealkylation sites (N-methyl/N-ethyl adjacent to an activating group) is 1. The molecule has 2 fully saturated rings. The number of amides is 2. The topological polar surface area (TPSA) is 84.5 Å². The molecule has 2 N–H and O–H groups in total. The third kappa shape index (κ3) is 3.04. The summed E-state index contributed by atoms with van der Waals surface area (Å²) in [5.74, 6) is 1.67. The first kappa shape index (κ1) is 15.8. The summed E-state index contributed by atoms with van der Waals surface area (Å²) in [6.45, 7) is 2.84. The molecule has 0 spiro atoms. The standard InChI is InChI=1S/C16H25N5O2/c1-10-4-14(17)21(18-10)9-16(23)20(3)13-5-11-7-15(22)19(2)8-12(11)6-13/h4,11-13H,5-9,17H2,1-3H3/t11-,12+,13-/m0/s1. The van der Waals surface area contributed by atoms with Gasteiger partial charge in [0.05, 0.1) is 5.69 Å². The molecule has 23 heavy (non-hydrogen) atoms. The van der Waals surface area contributed by atoms with Gasteiger partial charge in [0.25, 0.3) is 0 Å². The van der Waals surface area contributed by atoms with E-state index in [4.69, 9.17) is 5.73 Å². The quantitative estimate of drug-likeness (QED) is 0.879. The van der Waals surface area contributed by atoms with Crippen LogP contribution in [0, 0.1) is 18.8 Å². The number of aromatic nitrogens is 2. The third-order valence-corrected chi connectivity index (χ3v) is 5.35. The minimum absolute atomic E-state index is 0.0168. The molecule has 0 radical (unpaired) electrons. The molecule has 1 aliphatic carbocycles. The van der Waals surface area contributed by atoms with Crippen molar-refractivity contribution >= 4 is 17.6 Å². The molecule has 2 heterocycles. The van der Waals surface area contributed by atoms with Gasteiger partial charge < -0.3 is 15.5 Å². The van der Waals surface area contributed by atoms with Crippen molar-refractivity contribution in [1.29, 1.82) is 0 Å². The van der Waals surface area contributed by atoms with Crippen molar-refractivity contribution in [2.75, 3.05) is 26.4 Å². The van der Waals surface area contributed by atoms with E-state index in [0.717, 1.165) is 25.1 Å². The molecule has 2 amide bonds. The predicted octanol–water partition coefficient (Wildman–Crippen LogP) is 0.489. The highest BCUT2D eigenvalue weighted by Gasteiger charge is 2.42. The van der Waals surface area contributed by atoms with E-state index in [2.05, 4.69) is 5.10 Å². The molecule has 3 atom stereocenters. The number of likely N-dealkylation sites (tertiary alicyclic amines) is 1. The van der Waals surface area contributed by atoms with Crippen molar-refractivity contribution < 1.29 is 9.59 Å². The van der Waals surface area contributed by atoms with E-state index in [1.165, 1.54) is 0 Å². The van der Waals surface area contributed by atoms with E-state index in [1.54, 1.807) is 10.7 Å². The van der Waals surface area contributed by atoms with Gasteiger partial charge >= 0.3 is 0 Å². The maximum Gasteiger partial charge on any atom is 0.244 e. The zero-order valence-electron chi connectivity index (χ0n) is 14.0. The summed E-state index contributed by atoms with van der Waals surface area (Å²) in [6, 6.07) is 1.97. The maximum atomic E-state index is 12.5. The number of anilines is 1. The van der Waals surface area contributed by atoms with E-state index in [1.807, 2.05) is 30.8 Å². The van der Waals surface area contributed by atoms with Gasteiger partial charge in [0, 0.05) is 39.2 Å². The van der Waals surface area contributed by atoms with Gasteiger partial charge in [0.1, 0.15) is 12.4 Å². The van der Waals surface area contributed by atoms with E-state index in [9.17, 15) is 9.59 Å². The molecule has 1 aromatic rings. The molecule has 7 heteroatoms. The molecule has 0 aromatic carbocycles. The van der Waals surface area contributed by atoms with Crippen LogP contribution in [0.25, 0.3) is 0 Å². The van der Waals surface area contributed by atoms with Gasteiger partial charge in [-0.15, -0.1) is 0 Å². The fraction of sp³-hybridized carbons (Fsp3) is 0.688. The second kappa shape index (κ2) is 5.86. The van der Waals surface area contributed by atoms with Gasteiger partial charge in [-0.1, -0.05) is 0 Å². The lowest BCUT2D eigenvalue weighted by Crippen LogP contribution is -2.40. The van der Waals surface area contributed by atoms with Crippen LogP contribution in [-0.4, -0.2) is 58.1 Å². The highest BCUT2D eigenvalue weighted by atomic mass is 16.2. The van der Waals surface area contributed by atoms with Crippen molar-refractivity contribution in [2.45, 2.75) is 38.8 Å². The fourth-order valence-corrected chi connectivity index (χ4v) is 3.94. The summed E-state index contributed by atoms with van der Waals surface area (Å²) in [6.07, 6.45) is 2.50. The van der Waals surface area contributed by atoms with Crippen molar-refractivity contribution in [3.8, 4) is 0 Å². The zero-order chi connectivity index (χ0) is 16.7. The molecule has 1 saturated carbocycles. The summed E-state index contributed by atoms with van der Waals surface area (Å²) < 4.78 is 1.55. The minimum atomic E-state index is 0.0168. The van der Waals surface area contributed by atoms with Crippen molar-refractivity contribution in [3.63, 3.8) is 0 Å². The Balaban J connectivity index is 1.62. The van der Waals surface area contributed by atoms with Gasteiger partial charge in [-0.3, -0.25) is 9.59 Å². The Labute approximate surface area is 136 Å². The molecule has 1 saturated heterocycles. The predicted molar refractivity (Wildman–Crippen MR) is 86.4 cm³/mol. The fourth-order valence-electron chi connectivity index (χ4n) is 3.94. The van der Waals surface area contributed by atoms with Crippen LogP contribution >= 0.6 is 0 Å². The number of aryl methyl sites for hydroxylation is 1. The molecule has 126 valence electrons. The van der Waals surface area contributed by atoms with Crippen LogP contribution in [0.4, 0.5) is 5.82 Å². The molecule has 1 aromatic heterocycles. The zero-order valence-corrected chi connectivity index (χ0v) is 14.0. The maximum absolute atomic E-state index is 12.5. The van der Waals surface area contributed by atoms with Gasteiger partial charge in [-0.25, -0.2) is 4.68 Å². The van der Waals surface area contributed by atoms with Crippen LogP contribution in [0.3, 0.4) is 0 Å². The van der Waals surface area contributed by atoms with Crippen LogP contribution in [0.2, 0.25) is 0 Å². The Kier molecular flexibility index (Phi) is 4.04. The minimum Gasteiger partial charge on any atom is -0.384 e. The van der Waals surface area contributed by atoms with Crippen LogP contribution < -0.4 is 5.73 Å². The SMILES string of the molecule is Cc1cc(N)n(CC(=O)N(C)[C@H]2C[C@H]3CC(=O)N(C)C[C@H]3C2)n1. The number of fused-ring (bicyclic) bond motifs is 1. The first-order chi connectivity index (χ1) is 10.8. The number of nitrogen functional groups attached to an aromatic ring is 1. The highest BCUT2D eigenvalue weighted by molar-refractivity contribution is 5.78. The van der Waals surface area contributed by atoms with Gasteiger partial charge in [0.2, 0.25) is 11.8 Å².